The van der Waals surface area contributed by atoms with Gasteiger partial charge in [-0.05, 0) is 54.8 Å². The summed E-state index contributed by atoms with van der Waals surface area (Å²) in [4.78, 5) is 0.231. The quantitative estimate of drug-likeness (QED) is 0.304. The van der Waals surface area contributed by atoms with Gasteiger partial charge in [-0.15, -0.1) is 0 Å². The van der Waals surface area contributed by atoms with E-state index in [0.717, 1.165) is 13.0 Å². The summed E-state index contributed by atoms with van der Waals surface area (Å²) in [6.45, 7) is 0.00685. The number of alkyl halides is 2. The average Bonchev–Trinajstić information content (AvgIpc) is 3.52. The van der Waals surface area contributed by atoms with Crippen LogP contribution in [0, 0.1) is 5.82 Å². The maximum absolute atomic E-state index is 13.4. The normalized spacial score (nSPS) is 14.9. The molecule has 194 valence electrons. The Kier molecular flexibility index (Phi) is 6.82. The minimum absolute atomic E-state index is 0.0365. The van der Waals surface area contributed by atoms with E-state index < -0.39 is 22.5 Å². The Morgan fingerprint density at radius 3 is 2.59 bits per heavy atom. The molecule has 7 nitrogen and oxygen atoms in total. The van der Waals surface area contributed by atoms with Crippen LogP contribution < -0.4 is 4.74 Å². The molecule has 0 spiro atoms. The van der Waals surface area contributed by atoms with Crippen molar-refractivity contribution in [2.45, 2.75) is 37.8 Å². The number of aromatic nitrogens is 3. The fourth-order valence-corrected chi connectivity index (χ4v) is 5.92. The zero-order valence-electron chi connectivity index (χ0n) is 20.0. The van der Waals surface area contributed by atoms with Crippen molar-refractivity contribution < 1.29 is 26.3 Å². The van der Waals surface area contributed by atoms with Crippen molar-refractivity contribution >= 4 is 26.5 Å². The van der Waals surface area contributed by atoms with Gasteiger partial charge in [0.15, 0.2) is 0 Å². The molecule has 0 amide bonds. The minimum atomic E-state index is -3.68. The van der Waals surface area contributed by atoms with Gasteiger partial charge in [-0.3, -0.25) is 0 Å². The Balaban J connectivity index is 1.46. The largest absolute Gasteiger partial charge is 0.434 e. The first-order valence-corrected chi connectivity index (χ1v) is 13.3. The van der Waals surface area contributed by atoms with E-state index in [-0.39, 0.29) is 23.7 Å². The highest BCUT2D eigenvalue weighted by Crippen LogP contribution is 2.36. The zero-order chi connectivity index (χ0) is 26.2. The number of rotatable bonds is 8. The highest BCUT2D eigenvalue weighted by atomic mass is 32.2. The molecule has 1 aliphatic heterocycles. The summed E-state index contributed by atoms with van der Waals surface area (Å²) in [7, 11) is -3.68. The van der Waals surface area contributed by atoms with Crippen molar-refractivity contribution in [3.8, 4) is 11.4 Å². The average molecular weight is 531 g/mol. The highest BCUT2D eigenvalue weighted by molar-refractivity contribution is 7.89. The van der Waals surface area contributed by atoms with Crippen LogP contribution in [0.15, 0.2) is 72.0 Å². The van der Waals surface area contributed by atoms with Crippen LogP contribution in [0.5, 0.6) is 5.75 Å². The lowest BCUT2D eigenvalue weighted by molar-refractivity contribution is -0.0499. The number of aryl methyl sites for hydroxylation is 1. The fraction of sp³-hybridized carbons (Fsp3) is 0.269. The number of hydrogen-bond acceptors (Lipinski definition) is 4. The molecule has 11 heteroatoms. The van der Waals surface area contributed by atoms with Crippen molar-refractivity contribution in [2.24, 2.45) is 0 Å². The number of benzene rings is 2. The molecule has 2 aromatic carbocycles. The monoisotopic (exact) mass is 530 g/mol. The fourth-order valence-electron chi connectivity index (χ4n) is 4.52. The lowest BCUT2D eigenvalue weighted by Gasteiger charge is -2.26. The third-order valence-corrected chi connectivity index (χ3v) is 8.17. The number of ether oxygens (including phenoxy) is 1. The van der Waals surface area contributed by atoms with E-state index in [1.807, 2.05) is 11.5 Å². The lowest BCUT2D eigenvalue weighted by Crippen LogP contribution is -2.34. The molecule has 4 aromatic rings. The van der Waals surface area contributed by atoms with Crippen LogP contribution in [0.3, 0.4) is 0 Å². The van der Waals surface area contributed by atoms with Gasteiger partial charge < -0.3 is 9.30 Å². The zero-order valence-corrected chi connectivity index (χ0v) is 20.8. The summed E-state index contributed by atoms with van der Waals surface area (Å²) < 4.78 is 75.9. The Morgan fingerprint density at radius 2 is 1.92 bits per heavy atom. The van der Waals surface area contributed by atoms with E-state index in [2.05, 4.69) is 5.10 Å². The Morgan fingerprint density at radius 1 is 1.14 bits per heavy atom. The lowest BCUT2D eigenvalue weighted by atomic mass is 9.98. The first kappa shape index (κ1) is 25.1. The van der Waals surface area contributed by atoms with Crippen molar-refractivity contribution in [1.82, 2.24) is 18.7 Å². The third-order valence-electron chi connectivity index (χ3n) is 6.32. The van der Waals surface area contributed by atoms with Gasteiger partial charge in [-0.2, -0.15) is 18.2 Å². The molecule has 1 aliphatic rings. The first-order valence-electron chi connectivity index (χ1n) is 11.8. The van der Waals surface area contributed by atoms with Crippen LogP contribution in [0.4, 0.5) is 13.2 Å². The second-order valence-electron chi connectivity index (χ2n) is 8.75. The molecular formula is C26H25F3N4O3S. The molecule has 0 saturated carbocycles. The molecule has 3 heterocycles. The van der Waals surface area contributed by atoms with Gasteiger partial charge in [0.25, 0.3) is 0 Å². The van der Waals surface area contributed by atoms with Crippen molar-refractivity contribution in [1.29, 1.82) is 0 Å². The number of sulfonamides is 1. The molecule has 0 unspecified atom stereocenters. The molecule has 0 aliphatic carbocycles. The van der Waals surface area contributed by atoms with Gasteiger partial charge in [-0.25, -0.2) is 17.5 Å². The standard InChI is InChI=1S/C26H25F3N4O3S/c1-2-10-31-11-9-22(17-31)37(34,35)32-12-7-18(8-13-32)23-14-19-16-30-33(21-5-3-20(27)4-6-21)24(19)15-25(23)36-26(28)29/h3-7,9,11,14-17,26H,2,8,10,12-13H2,1H3. The Bertz CT molecular complexity index is 1560. The summed E-state index contributed by atoms with van der Waals surface area (Å²) in [5.74, 6) is -0.436. The smallest absolute Gasteiger partial charge is 0.387 e. The van der Waals surface area contributed by atoms with E-state index in [1.54, 1.807) is 48.9 Å². The summed E-state index contributed by atoms with van der Waals surface area (Å²) in [5.41, 5.74) is 2.25. The van der Waals surface area contributed by atoms with Crippen LogP contribution in [0.25, 0.3) is 22.2 Å². The van der Waals surface area contributed by atoms with Crippen LogP contribution in [0.1, 0.15) is 25.3 Å². The molecule has 0 fully saturated rings. The maximum atomic E-state index is 13.4. The summed E-state index contributed by atoms with van der Waals surface area (Å²) in [6.07, 6.45) is 7.91. The van der Waals surface area contributed by atoms with E-state index in [0.29, 0.717) is 34.1 Å². The minimum Gasteiger partial charge on any atom is -0.434 e. The molecule has 2 aromatic heterocycles. The third kappa shape index (κ3) is 5.01. The van der Waals surface area contributed by atoms with Gasteiger partial charge in [0.05, 0.1) is 22.3 Å². The van der Waals surface area contributed by atoms with Crippen LogP contribution in [-0.4, -0.2) is 46.8 Å². The second-order valence-corrected chi connectivity index (χ2v) is 10.7. The van der Waals surface area contributed by atoms with Crippen molar-refractivity contribution in [3.05, 3.63) is 78.5 Å². The maximum Gasteiger partial charge on any atom is 0.387 e. The molecule has 0 saturated heterocycles. The van der Waals surface area contributed by atoms with Crippen LogP contribution in [0.2, 0.25) is 0 Å². The second kappa shape index (κ2) is 10.1. The van der Waals surface area contributed by atoms with E-state index in [9.17, 15) is 21.6 Å². The first-order chi connectivity index (χ1) is 17.8. The molecular weight excluding hydrogens is 505 g/mol. The molecule has 0 bridgehead atoms. The van der Waals surface area contributed by atoms with Crippen molar-refractivity contribution in [3.63, 3.8) is 0 Å². The highest BCUT2D eigenvalue weighted by Gasteiger charge is 2.28. The number of hydrogen-bond donors (Lipinski definition) is 0. The van der Waals surface area contributed by atoms with Crippen LogP contribution in [-0.2, 0) is 16.6 Å². The van der Waals surface area contributed by atoms with Gasteiger partial charge in [0, 0.05) is 49.0 Å². The SMILES string of the molecule is CCCn1ccc(S(=O)(=O)N2CC=C(c3cc4cnn(-c5ccc(F)cc5)c4cc3OC(F)F)CC2)c1. The number of nitrogens with zero attached hydrogens (tertiary/aromatic N) is 4. The van der Waals surface area contributed by atoms with Gasteiger partial charge in [0.2, 0.25) is 10.0 Å². The predicted octanol–water partition coefficient (Wildman–Crippen LogP) is 5.46. The number of fused-ring (bicyclic) bond motifs is 1. The molecule has 37 heavy (non-hydrogen) atoms. The molecule has 0 atom stereocenters. The van der Waals surface area contributed by atoms with Crippen molar-refractivity contribution in [2.75, 3.05) is 13.1 Å². The Labute approximate surface area is 212 Å². The van der Waals surface area contributed by atoms with Crippen LogP contribution >= 0.6 is 0 Å². The van der Waals surface area contributed by atoms with Gasteiger partial charge in [0.1, 0.15) is 11.6 Å². The van der Waals surface area contributed by atoms with Gasteiger partial charge in [-0.1, -0.05) is 13.0 Å². The van der Waals surface area contributed by atoms with E-state index >= 15 is 0 Å². The van der Waals surface area contributed by atoms with E-state index in [1.165, 1.54) is 27.2 Å². The summed E-state index contributed by atoms with van der Waals surface area (Å²) in [6, 6.07) is 10.4. The van der Waals surface area contributed by atoms with E-state index in [4.69, 9.17) is 4.74 Å². The summed E-state index contributed by atoms with van der Waals surface area (Å²) >= 11 is 0. The molecule has 5 rings (SSSR count). The Hall–Kier alpha value is -3.57. The topological polar surface area (TPSA) is 69.4 Å². The van der Waals surface area contributed by atoms with Gasteiger partial charge >= 0.3 is 6.61 Å². The predicted molar refractivity (Wildman–Crippen MR) is 134 cm³/mol. The summed E-state index contributed by atoms with van der Waals surface area (Å²) in [5, 5.41) is 5.01. The molecule has 0 N–H and O–H groups in total. The number of halogens is 3. The molecule has 0 radical (unpaired) electrons.